The normalized spacial score (nSPS) is 24.2. The van der Waals surface area contributed by atoms with Crippen LogP contribution in [0.15, 0.2) is 54.6 Å². The molecule has 2 heterocycles. The van der Waals surface area contributed by atoms with Crippen LogP contribution in [-0.2, 0) is 11.3 Å². The van der Waals surface area contributed by atoms with Gasteiger partial charge in [-0.05, 0) is 29.8 Å². The van der Waals surface area contributed by atoms with Gasteiger partial charge in [0.15, 0.2) is 0 Å². The minimum absolute atomic E-state index is 0.234. The van der Waals surface area contributed by atoms with Gasteiger partial charge in [-0.25, -0.2) is 0 Å². The molecule has 2 aliphatic heterocycles. The highest BCUT2D eigenvalue weighted by Crippen LogP contribution is 2.25. The molecular formula is C22H29N3O2. The Labute approximate surface area is 161 Å². The fraction of sp³-hybridized carbons (Fsp3) is 0.455. The van der Waals surface area contributed by atoms with E-state index in [1.807, 2.05) is 6.07 Å². The molecule has 5 heteroatoms. The Morgan fingerprint density at radius 2 is 1.63 bits per heavy atom. The summed E-state index contributed by atoms with van der Waals surface area (Å²) in [6.45, 7) is 5.96. The number of hydrogen-bond acceptors (Lipinski definition) is 5. The number of nitrogens with zero attached hydrogens (tertiary/aromatic N) is 3. The summed E-state index contributed by atoms with van der Waals surface area (Å²) in [6.07, 6.45) is -0.272. The summed E-state index contributed by atoms with van der Waals surface area (Å²) in [6, 6.07) is 19.4. The van der Waals surface area contributed by atoms with Gasteiger partial charge in [-0.3, -0.25) is 9.80 Å². The molecule has 0 bridgehead atoms. The smallest absolute Gasteiger partial charge is 0.0834 e. The first-order valence-corrected chi connectivity index (χ1v) is 9.80. The molecule has 5 nitrogen and oxygen atoms in total. The van der Waals surface area contributed by atoms with Crippen LogP contribution in [0.2, 0.25) is 0 Å². The predicted octanol–water partition coefficient (Wildman–Crippen LogP) is 2.33. The van der Waals surface area contributed by atoms with E-state index in [1.54, 1.807) is 0 Å². The van der Waals surface area contributed by atoms with Crippen LogP contribution in [0.25, 0.3) is 0 Å². The molecule has 2 aliphatic rings. The lowest BCUT2D eigenvalue weighted by molar-refractivity contribution is -0.00618. The van der Waals surface area contributed by atoms with Crippen molar-refractivity contribution in [1.82, 2.24) is 9.80 Å². The summed E-state index contributed by atoms with van der Waals surface area (Å²) in [5, 5.41) is 10.5. The Bertz CT molecular complexity index is 716. The van der Waals surface area contributed by atoms with Crippen LogP contribution in [0.1, 0.15) is 5.56 Å². The molecule has 0 saturated carbocycles. The zero-order valence-corrected chi connectivity index (χ0v) is 16.0. The second-order valence-corrected chi connectivity index (χ2v) is 7.54. The Hall–Kier alpha value is -1.92. The van der Waals surface area contributed by atoms with Crippen LogP contribution in [0.3, 0.4) is 0 Å². The lowest BCUT2D eigenvalue weighted by Crippen LogP contribution is -2.48. The highest BCUT2D eigenvalue weighted by atomic mass is 16.5. The van der Waals surface area contributed by atoms with Crippen molar-refractivity contribution in [3.8, 4) is 0 Å². The molecule has 4 rings (SSSR count). The van der Waals surface area contributed by atoms with Gasteiger partial charge in [0.2, 0.25) is 0 Å². The Morgan fingerprint density at radius 3 is 2.33 bits per heavy atom. The number of anilines is 2. The molecule has 2 aromatic rings. The van der Waals surface area contributed by atoms with Crippen molar-refractivity contribution in [1.29, 1.82) is 0 Å². The Morgan fingerprint density at radius 1 is 0.963 bits per heavy atom. The minimum Gasteiger partial charge on any atom is -0.390 e. The number of likely N-dealkylation sites (tertiary alicyclic amines) is 1. The molecule has 144 valence electrons. The molecule has 2 atom stereocenters. The van der Waals surface area contributed by atoms with Crippen molar-refractivity contribution in [3.63, 3.8) is 0 Å². The topological polar surface area (TPSA) is 39.2 Å². The van der Waals surface area contributed by atoms with Gasteiger partial charge >= 0.3 is 0 Å². The van der Waals surface area contributed by atoms with Crippen molar-refractivity contribution >= 4 is 11.4 Å². The zero-order chi connectivity index (χ0) is 18.6. The number of benzene rings is 2. The molecule has 2 aromatic carbocycles. The lowest BCUT2D eigenvalue weighted by Gasteiger charge is -2.33. The van der Waals surface area contributed by atoms with Crippen molar-refractivity contribution in [2.24, 2.45) is 0 Å². The highest BCUT2D eigenvalue weighted by molar-refractivity contribution is 5.62. The number of aliphatic hydroxyl groups is 1. The number of β-amino-alcohol motifs (C(OH)–C–C–N with tert-alkyl or cyclic N) is 1. The van der Waals surface area contributed by atoms with Gasteiger partial charge in [0.1, 0.15) is 0 Å². The molecule has 0 aromatic heterocycles. The molecule has 0 unspecified atom stereocenters. The minimum atomic E-state index is -0.272. The van der Waals surface area contributed by atoms with E-state index in [-0.39, 0.29) is 12.1 Å². The first-order valence-electron chi connectivity index (χ1n) is 9.80. The third kappa shape index (κ3) is 4.33. The van der Waals surface area contributed by atoms with Crippen LogP contribution in [0, 0.1) is 0 Å². The Kier molecular flexibility index (Phi) is 5.74. The van der Waals surface area contributed by atoms with Gasteiger partial charge in [0.25, 0.3) is 0 Å². The molecule has 0 radical (unpaired) electrons. The van der Waals surface area contributed by atoms with Gasteiger partial charge in [0.05, 0.1) is 19.3 Å². The SMILES string of the molecule is CN(c1ccccc1)c1ccc(CN2C[C@H](O)[C@@H](N3CCOCC3)C2)cc1. The number of ether oxygens (including phenoxy) is 1. The lowest BCUT2D eigenvalue weighted by atomic mass is 10.1. The van der Waals surface area contributed by atoms with Crippen LogP contribution in [0.4, 0.5) is 11.4 Å². The fourth-order valence-electron chi connectivity index (χ4n) is 4.13. The summed E-state index contributed by atoms with van der Waals surface area (Å²) in [7, 11) is 2.09. The molecule has 0 amide bonds. The van der Waals surface area contributed by atoms with Crippen molar-refractivity contribution < 1.29 is 9.84 Å². The molecule has 0 spiro atoms. The van der Waals surface area contributed by atoms with Gasteiger partial charge in [-0.2, -0.15) is 0 Å². The first kappa shape index (κ1) is 18.4. The second kappa shape index (κ2) is 8.40. The van der Waals surface area contributed by atoms with E-state index in [4.69, 9.17) is 4.74 Å². The number of hydrogen-bond donors (Lipinski definition) is 1. The Balaban J connectivity index is 1.36. The predicted molar refractivity (Wildman–Crippen MR) is 108 cm³/mol. The summed E-state index contributed by atoms with van der Waals surface area (Å²) >= 11 is 0. The maximum absolute atomic E-state index is 10.5. The van der Waals surface area contributed by atoms with E-state index in [1.165, 1.54) is 16.9 Å². The zero-order valence-electron chi connectivity index (χ0n) is 16.0. The number of rotatable bonds is 5. The van der Waals surface area contributed by atoms with E-state index in [2.05, 4.69) is 70.3 Å². The van der Waals surface area contributed by atoms with E-state index in [0.717, 1.165) is 45.9 Å². The molecule has 1 N–H and O–H groups in total. The van der Waals surface area contributed by atoms with E-state index >= 15 is 0 Å². The third-order valence-corrected chi connectivity index (χ3v) is 5.72. The van der Waals surface area contributed by atoms with E-state index in [0.29, 0.717) is 0 Å². The first-order chi connectivity index (χ1) is 13.2. The summed E-state index contributed by atoms with van der Waals surface area (Å²) in [5.74, 6) is 0. The standard InChI is InChI=1S/C22H29N3O2/c1-23(19-5-3-2-4-6-19)20-9-7-18(8-10-20)15-24-16-21(22(26)17-24)25-11-13-27-14-12-25/h2-10,21-22,26H,11-17H2,1H3/t21-,22-/m0/s1. The fourth-order valence-corrected chi connectivity index (χ4v) is 4.13. The summed E-state index contributed by atoms with van der Waals surface area (Å²) < 4.78 is 5.44. The van der Waals surface area contributed by atoms with Crippen molar-refractivity contribution in [3.05, 3.63) is 60.2 Å². The van der Waals surface area contributed by atoms with Gasteiger partial charge in [-0.15, -0.1) is 0 Å². The van der Waals surface area contributed by atoms with E-state index in [9.17, 15) is 5.11 Å². The highest BCUT2D eigenvalue weighted by Gasteiger charge is 2.35. The molecular weight excluding hydrogens is 338 g/mol. The second-order valence-electron chi connectivity index (χ2n) is 7.54. The molecule has 0 aliphatic carbocycles. The van der Waals surface area contributed by atoms with Crippen molar-refractivity contribution in [2.45, 2.75) is 18.7 Å². The van der Waals surface area contributed by atoms with Crippen LogP contribution in [-0.4, -0.2) is 73.5 Å². The number of aliphatic hydroxyl groups excluding tert-OH is 1. The number of morpholine rings is 1. The monoisotopic (exact) mass is 367 g/mol. The quantitative estimate of drug-likeness (QED) is 0.878. The van der Waals surface area contributed by atoms with Crippen molar-refractivity contribution in [2.75, 3.05) is 51.3 Å². The molecule has 2 saturated heterocycles. The summed E-state index contributed by atoms with van der Waals surface area (Å²) in [4.78, 5) is 6.94. The largest absolute Gasteiger partial charge is 0.390 e. The maximum atomic E-state index is 10.5. The van der Waals surface area contributed by atoms with Crippen LogP contribution in [0.5, 0.6) is 0 Å². The number of para-hydroxylation sites is 1. The van der Waals surface area contributed by atoms with Crippen LogP contribution >= 0.6 is 0 Å². The van der Waals surface area contributed by atoms with E-state index < -0.39 is 0 Å². The van der Waals surface area contributed by atoms with Gasteiger partial charge in [0, 0.05) is 57.2 Å². The third-order valence-electron chi connectivity index (χ3n) is 5.72. The molecule has 27 heavy (non-hydrogen) atoms. The summed E-state index contributed by atoms with van der Waals surface area (Å²) in [5.41, 5.74) is 3.65. The van der Waals surface area contributed by atoms with Crippen LogP contribution < -0.4 is 4.90 Å². The average molecular weight is 367 g/mol. The maximum Gasteiger partial charge on any atom is 0.0834 e. The van der Waals surface area contributed by atoms with Gasteiger partial charge < -0.3 is 14.7 Å². The molecule has 2 fully saturated rings. The van der Waals surface area contributed by atoms with Gasteiger partial charge in [-0.1, -0.05) is 30.3 Å². The average Bonchev–Trinajstić information content (AvgIpc) is 3.09.